The molecule has 8 heteroatoms. The van der Waals surface area contributed by atoms with Crippen molar-refractivity contribution in [2.24, 2.45) is 0 Å². The summed E-state index contributed by atoms with van der Waals surface area (Å²) >= 11 is 0. The van der Waals surface area contributed by atoms with E-state index in [0.717, 1.165) is 30.5 Å². The van der Waals surface area contributed by atoms with Crippen LogP contribution in [0.15, 0.2) is 67.0 Å². The van der Waals surface area contributed by atoms with Gasteiger partial charge < -0.3 is 19.7 Å². The molecule has 0 fully saturated rings. The number of carbonyl (C=O) groups is 2. The average molecular weight is 460 g/mol. The van der Waals surface area contributed by atoms with Crippen molar-refractivity contribution in [2.45, 2.75) is 45.0 Å². The Morgan fingerprint density at radius 2 is 2.06 bits per heavy atom. The van der Waals surface area contributed by atoms with Crippen LogP contribution in [-0.4, -0.2) is 45.2 Å². The molecular weight excluding hydrogens is 430 g/mol. The van der Waals surface area contributed by atoms with Gasteiger partial charge >= 0.3 is 0 Å². The second kappa shape index (κ2) is 10.8. The van der Waals surface area contributed by atoms with Crippen LogP contribution >= 0.6 is 0 Å². The third kappa shape index (κ3) is 5.17. The fourth-order valence-electron chi connectivity index (χ4n) is 4.18. The Morgan fingerprint density at radius 1 is 1.24 bits per heavy atom. The quantitative estimate of drug-likeness (QED) is 0.419. The summed E-state index contributed by atoms with van der Waals surface area (Å²) in [6, 6.07) is 15.5. The summed E-state index contributed by atoms with van der Waals surface area (Å²) in [5, 5.41) is 11.5. The largest absolute Gasteiger partial charge is 0.487 e. The van der Waals surface area contributed by atoms with Crippen LogP contribution in [0.25, 0.3) is 0 Å². The fraction of sp³-hybridized carbons (Fsp3) is 0.308. The van der Waals surface area contributed by atoms with Gasteiger partial charge in [-0.1, -0.05) is 48.2 Å². The maximum absolute atomic E-state index is 13.1. The summed E-state index contributed by atoms with van der Waals surface area (Å²) < 4.78 is 7.88. The summed E-state index contributed by atoms with van der Waals surface area (Å²) in [4.78, 5) is 25.8. The zero-order valence-electron chi connectivity index (χ0n) is 19.3. The number of aldehydes is 1. The third-order valence-electron chi connectivity index (χ3n) is 6.04. The molecule has 4 rings (SSSR count). The number of carbonyl (C=O) groups excluding carboxylic acids is 2. The van der Waals surface area contributed by atoms with Crippen molar-refractivity contribution < 1.29 is 14.3 Å². The van der Waals surface area contributed by atoms with Crippen molar-refractivity contribution in [1.82, 2.24) is 25.2 Å². The van der Waals surface area contributed by atoms with Gasteiger partial charge in [-0.05, 0) is 30.5 Å². The van der Waals surface area contributed by atoms with Crippen LogP contribution in [0.4, 0.5) is 0 Å². The van der Waals surface area contributed by atoms with Gasteiger partial charge in [-0.25, -0.2) is 0 Å². The Labute approximate surface area is 199 Å². The van der Waals surface area contributed by atoms with Gasteiger partial charge in [0, 0.05) is 36.8 Å². The van der Waals surface area contributed by atoms with Gasteiger partial charge in [0.2, 0.25) is 0 Å². The van der Waals surface area contributed by atoms with Crippen molar-refractivity contribution in [1.29, 1.82) is 0 Å². The molecule has 8 nitrogen and oxygen atoms in total. The van der Waals surface area contributed by atoms with Crippen LogP contribution in [0.3, 0.4) is 0 Å². The highest BCUT2D eigenvalue weighted by molar-refractivity contribution is 5.99. The van der Waals surface area contributed by atoms with E-state index in [0.29, 0.717) is 36.4 Å². The van der Waals surface area contributed by atoms with Crippen LogP contribution in [-0.2, 0) is 30.9 Å². The minimum atomic E-state index is -0.271. The monoisotopic (exact) mass is 459 g/mol. The Balaban J connectivity index is 1.41. The van der Waals surface area contributed by atoms with Crippen molar-refractivity contribution >= 4 is 12.2 Å². The predicted octanol–water partition coefficient (Wildman–Crippen LogP) is 3.14. The average Bonchev–Trinajstić information content (AvgIpc) is 3.47. The molecule has 0 aliphatic carbocycles. The van der Waals surface area contributed by atoms with E-state index in [1.54, 1.807) is 11.9 Å². The molecule has 34 heavy (non-hydrogen) atoms. The molecule has 1 aliphatic heterocycles. The highest BCUT2D eigenvalue weighted by atomic mass is 16.5. The molecule has 1 N–H and O–H groups in total. The highest BCUT2D eigenvalue weighted by Crippen LogP contribution is 2.34. The number of aryl methyl sites for hydroxylation is 2. The maximum atomic E-state index is 13.1. The van der Waals surface area contributed by atoms with Crippen LogP contribution in [0.5, 0.6) is 5.75 Å². The van der Waals surface area contributed by atoms with E-state index in [-0.39, 0.29) is 18.6 Å². The lowest BCUT2D eigenvalue weighted by molar-refractivity contribution is -0.108. The molecular formula is C26H29N5O3. The number of rotatable bonds is 12. The molecule has 1 amide bonds. The Hall–Kier alpha value is -3.94. The first-order valence-corrected chi connectivity index (χ1v) is 11.4. The predicted molar refractivity (Wildman–Crippen MR) is 128 cm³/mol. The number of hydrogen-bond donors (Lipinski definition) is 1. The number of nitrogens with zero attached hydrogens (tertiary/aromatic N) is 4. The first-order chi connectivity index (χ1) is 16.6. The second-order valence-corrected chi connectivity index (χ2v) is 8.25. The lowest BCUT2D eigenvalue weighted by Crippen LogP contribution is -2.39. The Bertz CT molecular complexity index is 1160. The van der Waals surface area contributed by atoms with Crippen molar-refractivity contribution in [3.8, 4) is 5.75 Å². The van der Waals surface area contributed by atoms with Crippen LogP contribution in [0, 0.1) is 0 Å². The third-order valence-corrected chi connectivity index (χ3v) is 6.04. The SMILES string of the molecule is C=C(NC)C(CCC=O)N1Cc2c(OCc3cn(CCc4ccccc4)nn3)cccc2C1=O. The summed E-state index contributed by atoms with van der Waals surface area (Å²) in [5.74, 6) is 0.566. The van der Waals surface area contributed by atoms with Crippen molar-refractivity contribution in [3.05, 3.63) is 89.4 Å². The molecule has 0 saturated carbocycles. The summed E-state index contributed by atoms with van der Waals surface area (Å²) in [7, 11) is 1.77. The maximum Gasteiger partial charge on any atom is 0.255 e. The zero-order chi connectivity index (χ0) is 23.9. The molecule has 3 aromatic rings. The molecule has 0 bridgehead atoms. The molecule has 0 radical (unpaired) electrons. The van der Waals surface area contributed by atoms with Crippen molar-refractivity contribution in [3.63, 3.8) is 0 Å². The Kier molecular flexibility index (Phi) is 7.37. The van der Waals surface area contributed by atoms with E-state index in [2.05, 4.69) is 34.3 Å². The first-order valence-electron chi connectivity index (χ1n) is 11.4. The smallest absolute Gasteiger partial charge is 0.255 e. The minimum absolute atomic E-state index is 0.0837. The lowest BCUT2D eigenvalue weighted by atomic mass is 10.1. The molecule has 0 saturated heterocycles. The topological polar surface area (TPSA) is 89.3 Å². The fourth-order valence-corrected chi connectivity index (χ4v) is 4.18. The number of hydrogen-bond acceptors (Lipinski definition) is 6. The van der Waals surface area contributed by atoms with Gasteiger partial charge in [-0.15, -0.1) is 5.10 Å². The van der Waals surface area contributed by atoms with Crippen LogP contribution in [0.1, 0.15) is 40.0 Å². The lowest BCUT2D eigenvalue weighted by Gasteiger charge is -2.29. The number of ether oxygens (including phenoxy) is 1. The molecule has 1 unspecified atom stereocenters. The normalized spacial score (nSPS) is 13.4. The van der Waals surface area contributed by atoms with Gasteiger partial charge in [0.05, 0.1) is 18.8 Å². The number of likely N-dealkylation sites (N-methyl/N-ethyl adjacent to an activating group) is 1. The van der Waals surface area contributed by atoms with E-state index < -0.39 is 0 Å². The highest BCUT2D eigenvalue weighted by Gasteiger charge is 2.35. The van der Waals surface area contributed by atoms with E-state index in [4.69, 9.17) is 4.74 Å². The molecule has 2 aromatic carbocycles. The van der Waals surface area contributed by atoms with Gasteiger partial charge in [0.25, 0.3) is 5.91 Å². The van der Waals surface area contributed by atoms with E-state index in [1.165, 1.54) is 5.56 Å². The molecule has 1 aromatic heterocycles. The minimum Gasteiger partial charge on any atom is -0.487 e. The molecule has 0 spiro atoms. The van der Waals surface area contributed by atoms with Gasteiger partial charge in [0.1, 0.15) is 24.3 Å². The van der Waals surface area contributed by atoms with Crippen LogP contribution < -0.4 is 10.1 Å². The zero-order valence-corrected chi connectivity index (χ0v) is 19.3. The number of benzene rings is 2. The molecule has 176 valence electrons. The second-order valence-electron chi connectivity index (χ2n) is 8.25. The number of fused-ring (bicyclic) bond motifs is 1. The summed E-state index contributed by atoms with van der Waals surface area (Å²) in [6.45, 7) is 5.43. The summed E-state index contributed by atoms with van der Waals surface area (Å²) in [6.07, 6.45) is 4.50. The van der Waals surface area contributed by atoms with E-state index in [9.17, 15) is 9.59 Å². The van der Waals surface area contributed by atoms with E-state index >= 15 is 0 Å². The van der Waals surface area contributed by atoms with Gasteiger partial charge in [0.15, 0.2) is 0 Å². The number of nitrogens with one attached hydrogen (secondary N) is 1. The van der Waals surface area contributed by atoms with Crippen molar-refractivity contribution in [2.75, 3.05) is 7.05 Å². The molecule has 1 aliphatic rings. The number of amides is 1. The first kappa shape index (κ1) is 23.2. The van der Waals surface area contributed by atoms with Gasteiger partial charge in [-0.3, -0.25) is 9.48 Å². The van der Waals surface area contributed by atoms with Gasteiger partial charge in [-0.2, -0.15) is 0 Å². The van der Waals surface area contributed by atoms with Crippen LogP contribution in [0.2, 0.25) is 0 Å². The standard InChI is InChI=1S/C26H29N5O3/c1-19(27-2)24(11-7-15-32)31-17-23-22(26(31)33)10-6-12-25(23)34-18-21-16-30(29-28-21)14-13-20-8-4-3-5-9-20/h3-6,8-10,12,15-16,24,27H,1,7,11,13-14,17-18H2,2H3. The molecule has 1 atom stereocenters. The van der Waals surface area contributed by atoms with E-state index in [1.807, 2.05) is 47.3 Å². The summed E-state index contributed by atoms with van der Waals surface area (Å²) in [5.41, 5.74) is 4.13. The molecule has 2 heterocycles. The Morgan fingerprint density at radius 3 is 2.82 bits per heavy atom. The number of aromatic nitrogens is 3.